The molecule has 0 atom stereocenters. The van der Waals surface area contributed by atoms with E-state index in [4.69, 9.17) is 0 Å². The van der Waals surface area contributed by atoms with Crippen molar-refractivity contribution in [3.8, 4) is 0 Å². The van der Waals surface area contributed by atoms with Crippen LogP contribution in [0, 0.1) is 6.92 Å². The maximum absolute atomic E-state index is 12.6. The van der Waals surface area contributed by atoms with Crippen molar-refractivity contribution in [2.24, 2.45) is 0 Å². The molecule has 5 nitrogen and oxygen atoms in total. The lowest BCUT2D eigenvalue weighted by Crippen LogP contribution is -2.32. The minimum Gasteiger partial charge on any atom is -0.341 e. The number of carbonyl (C=O) groups excluding carboxylic acids is 1. The molecule has 28 heavy (non-hydrogen) atoms. The van der Waals surface area contributed by atoms with Crippen molar-refractivity contribution in [3.05, 3.63) is 65.2 Å². The molecule has 0 heterocycles. The lowest BCUT2D eigenvalue weighted by Gasteiger charge is -2.18. The van der Waals surface area contributed by atoms with Crippen LogP contribution in [-0.2, 0) is 27.5 Å². The van der Waals surface area contributed by atoms with Crippen LogP contribution in [0.3, 0.4) is 0 Å². The fourth-order valence-electron chi connectivity index (χ4n) is 2.45. The topological polar surface area (TPSA) is 66.5 Å². The zero-order valence-electron chi connectivity index (χ0n) is 15.5. The Labute approximate surface area is 162 Å². The van der Waals surface area contributed by atoms with Gasteiger partial charge in [0.25, 0.3) is 0 Å². The smallest absolute Gasteiger partial charge is 0.341 e. The predicted octanol–water partition coefficient (Wildman–Crippen LogP) is 3.34. The highest BCUT2D eigenvalue weighted by atomic mass is 32.2. The van der Waals surface area contributed by atoms with Crippen molar-refractivity contribution >= 4 is 15.9 Å². The Morgan fingerprint density at radius 3 is 2.14 bits per heavy atom. The molecule has 152 valence electrons. The first-order valence-corrected chi connectivity index (χ1v) is 9.94. The molecule has 0 fully saturated rings. The highest BCUT2D eigenvalue weighted by molar-refractivity contribution is 7.89. The van der Waals surface area contributed by atoms with Crippen LogP contribution in [0.5, 0.6) is 0 Å². The molecule has 0 radical (unpaired) electrons. The van der Waals surface area contributed by atoms with Gasteiger partial charge < -0.3 is 4.90 Å². The number of hydrogen-bond donors (Lipinski definition) is 1. The number of amides is 1. The maximum atomic E-state index is 12.6. The number of rotatable bonds is 7. The fraction of sp³-hybridized carbons (Fsp3) is 0.316. The molecule has 9 heteroatoms. The Morgan fingerprint density at radius 1 is 1.04 bits per heavy atom. The quantitative estimate of drug-likeness (QED) is 0.756. The number of nitrogens with one attached hydrogen (secondary N) is 1. The molecular formula is C19H21F3N2O3S. The van der Waals surface area contributed by atoms with Gasteiger partial charge in [0, 0.05) is 26.6 Å². The molecule has 2 aromatic carbocycles. The average molecular weight is 414 g/mol. The normalized spacial score (nSPS) is 12.0. The van der Waals surface area contributed by atoms with E-state index in [0.29, 0.717) is 5.56 Å². The molecule has 1 amide bonds. The summed E-state index contributed by atoms with van der Waals surface area (Å²) in [6.45, 7) is 1.89. The van der Waals surface area contributed by atoms with Gasteiger partial charge in [-0.15, -0.1) is 0 Å². The number of halogens is 3. The molecule has 2 rings (SSSR count). The van der Waals surface area contributed by atoms with Gasteiger partial charge in [0.15, 0.2) is 0 Å². The Bertz CT molecular complexity index is 909. The van der Waals surface area contributed by atoms with Crippen LogP contribution in [-0.4, -0.2) is 32.8 Å². The minimum atomic E-state index is -4.41. The molecule has 0 aromatic heterocycles. The van der Waals surface area contributed by atoms with Crippen LogP contribution in [0.1, 0.15) is 23.1 Å². The first kappa shape index (κ1) is 21.9. The van der Waals surface area contributed by atoms with Gasteiger partial charge in [0.1, 0.15) is 0 Å². The van der Waals surface area contributed by atoms with Crippen molar-refractivity contribution in [1.82, 2.24) is 9.62 Å². The Morgan fingerprint density at radius 2 is 1.61 bits per heavy atom. The van der Waals surface area contributed by atoms with Gasteiger partial charge in [0.2, 0.25) is 15.9 Å². The zero-order chi connectivity index (χ0) is 20.9. The van der Waals surface area contributed by atoms with E-state index in [1.54, 1.807) is 12.1 Å². The summed E-state index contributed by atoms with van der Waals surface area (Å²) in [7, 11) is -2.19. The number of sulfonamides is 1. The third-order valence-corrected chi connectivity index (χ3v) is 5.57. The molecule has 0 aliphatic rings. The summed E-state index contributed by atoms with van der Waals surface area (Å²) >= 11 is 0. The molecule has 2 aromatic rings. The molecule has 0 aliphatic heterocycles. The van der Waals surface area contributed by atoms with Crippen molar-refractivity contribution in [2.45, 2.75) is 31.0 Å². The van der Waals surface area contributed by atoms with Gasteiger partial charge in [-0.3, -0.25) is 4.79 Å². The van der Waals surface area contributed by atoms with Gasteiger partial charge >= 0.3 is 6.18 Å². The number of aryl methyl sites for hydroxylation is 1. The third kappa shape index (κ3) is 6.07. The van der Waals surface area contributed by atoms with E-state index in [-0.39, 0.29) is 30.3 Å². The minimum absolute atomic E-state index is 0.0672. The SMILES string of the molecule is Cc1ccc(S(=O)(=O)NCCC(=O)N(C)Cc2ccc(C(F)(F)F)cc2)cc1. The molecule has 0 bridgehead atoms. The summed E-state index contributed by atoms with van der Waals surface area (Å²) in [5.41, 5.74) is 0.721. The van der Waals surface area contributed by atoms with Gasteiger partial charge in [-0.2, -0.15) is 13.2 Å². The second-order valence-electron chi connectivity index (χ2n) is 6.41. The van der Waals surface area contributed by atoms with Crippen LogP contribution >= 0.6 is 0 Å². The van der Waals surface area contributed by atoms with Gasteiger partial charge in [-0.05, 0) is 36.8 Å². The molecule has 0 aliphatic carbocycles. The number of carbonyl (C=O) groups is 1. The summed E-state index contributed by atoms with van der Waals surface area (Å²) in [5, 5.41) is 0. The largest absolute Gasteiger partial charge is 0.416 e. The van der Waals surface area contributed by atoms with Crippen LogP contribution in [0.2, 0.25) is 0 Å². The summed E-state index contributed by atoms with van der Waals surface area (Å²) in [6, 6.07) is 10.9. The standard InChI is InChI=1S/C19H21F3N2O3S/c1-14-3-9-17(10-4-14)28(26,27)23-12-11-18(25)24(2)13-15-5-7-16(8-6-15)19(20,21)22/h3-10,23H,11-13H2,1-2H3. The van der Waals surface area contributed by atoms with Crippen LogP contribution in [0.15, 0.2) is 53.4 Å². The Balaban J connectivity index is 1.86. The summed E-state index contributed by atoms with van der Waals surface area (Å²) in [6.07, 6.45) is -4.48. The Kier molecular flexibility index (Phi) is 6.84. The molecule has 0 unspecified atom stereocenters. The number of hydrogen-bond acceptors (Lipinski definition) is 3. The van der Waals surface area contributed by atoms with Gasteiger partial charge in [-0.25, -0.2) is 13.1 Å². The van der Waals surface area contributed by atoms with Gasteiger partial charge in [-0.1, -0.05) is 29.8 Å². The van der Waals surface area contributed by atoms with E-state index in [1.165, 1.54) is 36.2 Å². The van der Waals surface area contributed by atoms with E-state index < -0.39 is 21.8 Å². The predicted molar refractivity (Wildman–Crippen MR) is 98.9 cm³/mol. The lowest BCUT2D eigenvalue weighted by atomic mass is 10.1. The van der Waals surface area contributed by atoms with Crippen molar-refractivity contribution in [3.63, 3.8) is 0 Å². The fourth-order valence-corrected chi connectivity index (χ4v) is 3.48. The average Bonchev–Trinajstić information content (AvgIpc) is 2.61. The van der Waals surface area contributed by atoms with Crippen molar-refractivity contribution < 1.29 is 26.4 Å². The third-order valence-electron chi connectivity index (χ3n) is 4.09. The van der Waals surface area contributed by atoms with Crippen molar-refractivity contribution in [1.29, 1.82) is 0 Å². The van der Waals surface area contributed by atoms with Gasteiger partial charge in [0.05, 0.1) is 10.5 Å². The molecule has 0 saturated heterocycles. The summed E-state index contributed by atoms with van der Waals surface area (Å²) < 4.78 is 64.4. The first-order valence-electron chi connectivity index (χ1n) is 8.45. The van der Waals surface area contributed by atoms with Crippen molar-refractivity contribution in [2.75, 3.05) is 13.6 Å². The number of benzene rings is 2. The van der Waals surface area contributed by atoms with E-state index >= 15 is 0 Å². The highest BCUT2D eigenvalue weighted by Gasteiger charge is 2.30. The summed E-state index contributed by atoms with van der Waals surface area (Å²) in [4.78, 5) is 13.6. The second-order valence-corrected chi connectivity index (χ2v) is 8.17. The number of alkyl halides is 3. The second kappa shape index (κ2) is 8.74. The highest BCUT2D eigenvalue weighted by Crippen LogP contribution is 2.29. The zero-order valence-corrected chi connectivity index (χ0v) is 16.3. The van der Waals surface area contributed by atoms with E-state index in [1.807, 2.05) is 6.92 Å². The molecule has 0 saturated carbocycles. The summed E-state index contributed by atoms with van der Waals surface area (Å²) in [5.74, 6) is -0.327. The monoisotopic (exact) mass is 414 g/mol. The maximum Gasteiger partial charge on any atom is 0.416 e. The lowest BCUT2D eigenvalue weighted by molar-refractivity contribution is -0.137. The Hall–Kier alpha value is -2.39. The van der Waals surface area contributed by atoms with E-state index in [9.17, 15) is 26.4 Å². The molecular weight excluding hydrogens is 393 g/mol. The molecule has 0 spiro atoms. The van der Waals surface area contributed by atoms with Crippen LogP contribution in [0.25, 0.3) is 0 Å². The molecule has 1 N–H and O–H groups in total. The van der Waals surface area contributed by atoms with Crippen LogP contribution in [0.4, 0.5) is 13.2 Å². The van der Waals surface area contributed by atoms with E-state index in [2.05, 4.69) is 4.72 Å². The number of nitrogens with zero attached hydrogens (tertiary/aromatic N) is 1. The van der Waals surface area contributed by atoms with Crippen LogP contribution < -0.4 is 4.72 Å². The van der Waals surface area contributed by atoms with E-state index in [0.717, 1.165) is 17.7 Å². The first-order chi connectivity index (χ1) is 13.0.